The van der Waals surface area contributed by atoms with Crippen LogP contribution in [0.15, 0.2) is 24.3 Å². The van der Waals surface area contributed by atoms with Crippen LogP contribution < -0.4 is 11.5 Å². The summed E-state index contributed by atoms with van der Waals surface area (Å²) in [7, 11) is 0. The third kappa shape index (κ3) is 4.92. The van der Waals surface area contributed by atoms with Gasteiger partial charge in [0.15, 0.2) is 5.82 Å². The van der Waals surface area contributed by atoms with E-state index in [0.29, 0.717) is 5.82 Å². The first-order chi connectivity index (χ1) is 11.3. The predicted molar refractivity (Wildman–Crippen MR) is 118 cm³/mol. The Bertz CT molecular complexity index is 819. The topological polar surface area (TPSA) is 82.8 Å². The van der Waals surface area contributed by atoms with Crippen molar-refractivity contribution in [1.29, 1.82) is 0 Å². The Labute approximate surface area is 173 Å². The number of rotatable bonds is 7. The molecule has 0 fully saturated rings. The normalized spacial score (nSPS) is 10.2. The summed E-state index contributed by atoms with van der Waals surface area (Å²) in [5.41, 5.74) is 14.7. The van der Waals surface area contributed by atoms with Crippen molar-refractivity contribution in [1.82, 2.24) is 14.5 Å². The number of hydrogen-bond acceptors (Lipinski definition) is 4. The van der Waals surface area contributed by atoms with Crippen LogP contribution in [-0.2, 0) is 13.0 Å². The Morgan fingerprint density at radius 3 is 2.42 bits per heavy atom. The molecule has 0 atom stereocenters. The molecule has 0 aliphatic heterocycles. The lowest BCUT2D eigenvalue weighted by atomic mass is 10.2. The molecule has 0 aliphatic rings. The van der Waals surface area contributed by atoms with E-state index in [-0.39, 0.29) is 37.2 Å². The van der Waals surface area contributed by atoms with E-state index in [4.69, 9.17) is 16.5 Å². The fraction of sp³-hybridized carbons (Fsp3) is 0.444. The zero-order valence-electron chi connectivity index (χ0n) is 15.0. The van der Waals surface area contributed by atoms with Crippen LogP contribution in [0.2, 0.25) is 0 Å². The molecule has 3 aromatic rings. The van der Waals surface area contributed by atoms with Crippen molar-refractivity contribution < 1.29 is 0 Å². The summed E-state index contributed by atoms with van der Waals surface area (Å²) in [5.74, 6) is 1.64. The van der Waals surface area contributed by atoms with Crippen LogP contribution in [0, 0.1) is 0 Å². The van der Waals surface area contributed by atoms with Gasteiger partial charge in [-0.3, -0.25) is 0 Å². The number of halogens is 3. The summed E-state index contributed by atoms with van der Waals surface area (Å²) < 4.78 is 2.33. The maximum absolute atomic E-state index is 6.18. The van der Waals surface area contributed by atoms with Crippen LogP contribution >= 0.6 is 37.2 Å². The highest BCUT2D eigenvalue weighted by Crippen LogP contribution is 2.29. The minimum absolute atomic E-state index is 0. The Morgan fingerprint density at radius 2 is 1.73 bits per heavy atom. The van der Waals surface area contributed by atoms with Crippen molar-refractivity contribution in [3.05, 3.63) is 30.1 Å². The van der Waals surface area contributed by atoms with E-state index in [2.05, 4.69) is 22.5 Å². The van der Waals surface area contributed by atoms with Crippen LogP contribution in [0.4, 0.5) is 5.82 Å². The minimum Gasteiger partial charge on any atom is -0.382 e. The van der Waals surface area contributed by atoms with E-state index in [1.165, 1.54) is 0 Å². The number of para-hydroxylation sites is 1. The number of aromatic nitrogens is 3. The van der Waals surface area contributed by atoms with Crippen molar-refractivity contribution >= 4 is 65.0 Å². The minimum atomic E-state index is 0. The fourth-order valence-electron chi connectivity index (χ4n) is 3.09. The van der Waals surface area contributed by atoms with Gasteiger partial charge >= 0.3 is 0 Å². The lowest BCUT2D eigenvalue weighted by molar-refractivity contribution is 0.593. The molecule has 0 aliphatic carbocycles. The van der Waals surface area contributed by atoms with Gasteiger partial charge in [-0.15, -0.1) is 37.2 Å². The van der Waals surface area contributed by atoms with Gasteiger partial charge in [0.05, 0.1) is 11.0 Å². The summed E-state index contributed by atoms with van der Waals surface area (Å²) in [4.78, 5) is 9.34. The number of aryl methyl sites for hydroxylation is 2. The molecule has 0 bridgehead atoms. The van der Waals surface area contributed by atoms with Gasteiger partial charge in [-0.2, -0.15) is 0 Å². The monoisotopic (exact) mass is 419 g/mol. The average Bonchev–Trinajstić information content (AvgIpc) is 2.93. The number of nitrogens with two attached hydrogens (primary N) is 2. The SMILES string of the molecule is CCCCc1nc2c(N)nc3ccccc3c2n1CCCCN.Cl.Cl.Cl. The van der Waals surface area contributed by atoms with Crippen LogP contribution in [0.25, 0.3) is 21.9 Å². The Balaban J connectivity index is 0.00000208. The molecule has 0 saturated heterocycles. The van der Waals surface area contributed by atoms with Gasteiger partial charge in [0.25, 0.3) is 0 Å². The summed E-state index contributed by atoms with van der Waals surface area (Å²) in [6.45, 7) is 3.86. The second-order valence-corrected chi connectivity index (χ2v) is 5.99. The van der Waals surface area contributed by atoms with Crippen LogP contribution in [-0.4, -0.2) is 21.1 Å². The molecule has 3 rings (SSSR count). The van der Waals surface area contributed by atoms with Crippen LogP contribution in [0.3, 0.4) is 0 Å². The van der Waals surface area contributed by atoms with Crippen molar-refractivity contribution in [2.75, 3.05) is 12.3 Å². The molecule has 4 N–H and O–H groups in total. The molecular formula is C18H28Cl3N5. The predicted octanol–water partition coefficient (Wildman–Crippen LogP) is 4.51. The molecule has 2 aromatic heterocycles. The molecule has 0 radical (unpaired) electrons. The molecular weight excluding hydrogens is 393 g/mol. The standard InChI is InChI=1S/C18H25N5.3ClH/c1-2-3-10-15-22-16-17(23(15)12-7-6-11-19)13-8-4-5-9-14(13)21-18(16)20;;;/h4-5,8-9H,2-3,6-7,10-12,19H2,1H3,(H2,20,21);3*1H. The van der Waals surface area contributed by atoms with E-state index < -0.39 is 0 Å². The molecule has 146 valence electrons. The number of unbranched alkanes of at least 4 members (excludes halogenated alkanes) is 2. The van der Waals surface area contributed by atoms with Gasteiger partial charge in [0.1, 0.15) is 11.3 Å². The van der Waals surface area contributed by atoms with Crippen molar-refractivity contribution in [3.63, 3.8) is 0 Å². The second kappa shape index (κ2) is 11.4. The first kappa shape index (κ1) is 24.7. The van der Waals surface area contributed by atoms with Gasteiger partial charge in [-0.1, -0.05) is 31.5 Å². The second-order valence-electron chi connectivity index (χ2n) is 5.99. The van der Waals surface area contributed by atoms with Crippen molar-refractivity contribution in [2.24, 2.45) is 5.73 Å². The molecule has 0 saturated carbocycles. The number of hydrogen-bond donors (Lipinski definition) is 2. The zero-order chi connectivity index (χ0) is 16.2. The maximum Gasteiger partial charge on any atom is 0.152 e. The summed E-state index contributed by atoms with van der Waals surface area (Å²) in [6.07, 6.45) is 5.33. The summed E-state index contributed by atoms with van der Waals surface area (Å²) >= 11 is 0. The van der Waals surface area contributed by atoms with Crippen molar-refractivity contribution in [2.45, 2.75) is 45.6 Å². The van der Waals surface area contributed by atoms with Gasteiger partial charge < -0.3 is 16.0 Å². The number of nitrogens with zero attached hydrogens (tertiary/aromatic N) is 3. The van der Waals surface area contributed by atoms with Gasteiger partial charge in [0.2, 0.25) is 0 Å². The molecule has 2 heterocycles. The largest absolute Gasteiger partial charge is 0.382 e. The molecule has 26 heavy (non-hydrogen) atoms. The van der Waals surface area contributed by atoms with Gasteiger partial charge in [-0.25, -0.2) is 9.97 Å². The quantitative estimate of drug-likeness (QED) is 0.551. The van der Waals surface area contributed by atoms with E-state index >= 15 is 0 Å². The van der Waals surface area contributed by atoms with E-state index in [1.807, 2.05) is 18.2 Å². The number of nitrogen functional groups attached to an aromatic ring is 1. The third-order valence-corrected chi connectivity index (χ3v) is 4.28. The van der Waals surface area contributed by atoms with Gasteiger partial charge in [0, 0.05) is 18.4 Å². The number of benzene rings is 1. The lowest BCUT2D eigenvalue weighted by Gasteiger charge is -2.10. The van der Waals surface area contributed by atoms with Gasteiger partial charge in [-0.05, 0) is 31.9 Å². The first-order valence-electron chi connectivity index (χ1n) is 8.49. The summed E-state index contributed by atoms with van der Waals surface area (Å²) in [5, 5.41) is 1.12. The molecule has 5 nitrogen and oxygen atoms in total. The number of fused-ring (bicyclic) bond motifs is 3. The third-order valence-electron chi connectivity index (χ3n) is 4.28. The average molecular weight is 421 g/mol. The van der Waals surface area contributed by atoms with Crippen LogP contribution in [0.5, 0.6) is 0 Å². The molecule has 1 aromatic carbocycles. The van der Waals surface area contributed by atoms with E-state index in [0.717, 1.165) is 73.0 Å². The first-order valence-corrected chi connectivity index (χ1v) is 8.49. The molecule has 0 unspecified atom stereocenters. The smallest absolute Gasteiger partial charge is 0.152 e. The molecule has 0 spiro atoms. The lowest BCUT2D eigenvalue weighted by Crippen LogP contribution is -2.07. The highest BCUT2D eigenvalue weighted by Gasteiger charge is 2.16. The van der Waals surface area contributed by atoms with Crippen LogP contribution in [0.1, 0.15) is 38.4 Å². The Kier molecular flexibility index (Phi) is 10.9. The number of anilines is 1. The summed E-state index contributed by atoms with van der Waals surface area (Å²) in [6, 6.07) is 8.15. The molecule has 0 amide bonds. The highest BCUT2D eigenvalue weighted by atomic mass is 35.5. The maximum atomic E-state index is 6.18. The number of imidazole rings is 1. The zero-order valence-corrected chi connectivity index (χ0v) is 17.4. The van der Waals surface area contributed by atoms with Crippen molar-refractivity contribution in [3.8, 4) is 0 Å². The van der Waals surface area contributed by atoms with E-state index in [9.17, 15) is 0 Å². The molecule has 8 heteroatoms. The van der Waals surface area contributed by atoms with E-state index in [1.54, 1.807) is 0 Å². The Morgan fingerprint density at radius 1 is 1.00 bits per heavy atom. The fourth-order valence-corrected chi connectivity index (χ4v) is 3.09. The number of pyridine rings is 1. The highest BCUT2D eigenvalue weighted by molar-refractivity contribution is 6.06. The Hall–Kier alpha value is -1.27.